The minimum atomic E-state index is -0.751. The lowest BCUT2D eigenvalue weighted by Gasteiger charge is -2.22. The number of nitrogens with one attached hydrogen (secondary N) is 3. The van der Waals surface area contributed by atoms with E-state index in [0.717, 1.165) is 0 Å². The van der Waals surface area contributed by atoms with Gasteiger partial charge in [-0.15, -0.1) is 11.3 Å². The van der Waals surface area contributed by atoms with E-state index in [1.807, 2.05) is 20.8 Å². The summed E-state index contributed by atoms with van der Waals surface area (Å²) < 4.78 is 1.44. The van der Waals surface area contributed by atoms with E-state index in [1.54, 1.807) is 41.8 Å². The number of fused-ring (bicyclic) bond motifs is 1. The first kappa shape index (κ1) is 20.5. The number of hydrogen-bond acceptors (Lipinski definition) is 6. The molecule has 1 unspecified atom stereocenters. The van der Waals surface area contributed by atoms with E-state index in [-0.39, 0.29) is 23.3 Å². The highest BCUT2D eigenvalue weighted by atomic mass is 32.1. The molecule has 1 aromatic carbocycles. The number of carbonyl (C=O) groups excluding carboxylic acids is 2. The maximum absolute atomic E-state index is 12.7. The Hall–Kier alpha value is -3.20. The van der Waals surface area contributed by atoms with Crippen LogP contribution in [0.5, 0.6) is 0 Å². The fraction of sp³-hybridized carbons (Fsp3) is 0.300. The zero-order valence-electron chi connectivity index (χ0n) is 16.4. The average Bonchev–Trinajstić information content (AvgIpc) is 3.25. The van der Waals surface area contributed by atoms with E-state index < -0.39 is 11.9 Å². The van der Waals surface area contributed by atoms with Gasteiger partial charge in [0.15, 0.2) is 0 Å². The summed E-state index contributed by atoms with van der Waals surface area (Å²) in [6.07, 6.45) is 0. The number of hydrazine groups is 1. The number of aromatic nitrogens is 2. The molecule has 3 N–H and O–H groups in total. The van der Waals surface area contributed by atoms with Crippen molar-refractivity contribution in [1.29, 1.82) is 0 Å². The lowest BCUT2D eigenvalue weighted by atomic mass is 10.0. The first-order valence-electron chi connectivity index (χ1n) is 9.32. The third kappa shape index (κ3) is 4.45. The summed E-state index contributed by atoms with van der Waals surface area (Å²) in [7, 11) is 0. The summed E-state index contributed by atoms with van der Waals surface area (Å²) in [5.41, 5.74) is 5.66. The SMILES string of the molecule is CCn1c(NNC(=O)C(NC(=O)c2cccs2)C(C)C)nc2ccccc2c1=O. The Labute approximate surface area is 171 Å². The highest BCUT2D eigenvalue weighted by Crippen LogP contribution is 2.12. The topological polar surface area (TPSA) is 105 Å². The number of nitrogens with zero attached hydrogens (tertiary/aromatic N) is 2. The lowest BCUT2D eigenvalue weighted by molar-refractivity contribution is -0.123. The van der Waals surface area contributed by atoms with Gasteiger partial charge in [-0.2, -0.15) is 0 Å². The van der Waals surface area contributed by atoms with Crippen molar-refractivity contribution in [1.82, 2.24) is 20.3 Å². The third-order valence-electron chi connectivity index (χ3n) is 4.46. The van der Waals surface area contributed by atoms with Gasteiger partial charge in [-0.3, -0.25) is 29.8 Å². The molecule has 0 saturated heterocycles. The molecular formula is C20H23N5O3S. The molecule has 0 radical (unpaired) electrons. The first-order valence-corrected chi connectivity index (χ1v) is 10.2. The van der Waals surface area contributed by atoms with E-state index in [9.17, 15) is 14.4 Å². The fourth-order valence-corrected chi connectivity index (χ4v) is 3.53. The maximum atomic E-state index is 12.7. The van der Waals surface area contributed by atoms with E-state index >= 15 is 0 Å². The van der Waals surface area contributed by atoms with Gasteiger partial charge in [0, 0.05) is 6.54 Å². The molecule has 1 atom stereocenters. The van der Waals surface area contributed by atoms with Gasteiger partial charge in [-0.1, -0.05) is 32.0 Å². The zero-order valence-corrected chi connectivity index (χ0v) is 17.2. The number of hydrogen-bond donors (Lipinski definition) is 3. The van der Waals surface area contributed by atoms with Gasteiger partial charge in [0.05, 0.1) is 15.8 Å². The Bertz CT molecular complexity index is 1080. The van der Waals surface area contributed by atoms with Gasteiger partial charge in [-0.05, 0) is 36.4 Å². The summed E-state index contributed by atoms with van der Waals surface area (Å²) in [6.45, 7) is 5.89. The maximum Gasteiger partial charge on any atom is 0.262 e. The van der Waals surface area contributed by atoms with E-state index in [1.165, 1.54) is 15.9 Å². The van der Waals surface area contributed by atoms with Crippen LogP contribution in [-0.2, 0) is 11.3 Å². The molecular weight excluding hydrogens is 390 g/mol. The number of carbonyl (C=O) groups is 2. The van der Waals surface area contributed by atoms with Crippen LogP contribution in [-0.4, -0.2) is 27.4 Å². The second-order valence-electron chi connectivity index (χ2n) is 6.79. The highest BCUT2D eigenvalue weighted by Gasteiger charge is 2.25. The van der Waals surface area contributed by atoms with Crippen LogP contribution in [0.1, 0.15) is 30.4 Å². The number of anilines is 1. The summed E-state index contributed by atoms with van der Waals surface area (Å²) >= 11 is 1.31. The molecule has 2 heterocycles. The summed E-state index contributed by atoms with van der Waals surface area (Å²) in [6, 6.07) is 9.76. The number of para-hydroxylation sites is 1. The Morgan fingerprint density at radius 3 is 2.59 bits per heavy atom. The first-order chi connectivity index (χ1) is 13.9. The van der Waals surface area contributed by atoms with Gasteiger partial charge in [0.2, 0.25) is 5.95 Å². The van der Waals surface area contributed by atoms with Crippen LogP contribution in [0, 0.1) is 5.92 Å². The molecule has 3 aromatic rings. The summed E-state index contributed by atoms with van der Waals surface area (Å²) in [5, 5.41) is 5.07. The molecule has 0 saturated carbocycles. The van der Waals surface area contributed by atoms with Gasteiger partial charge in [-0.25, -0.2) is 4.98 Å². The van der Waals surface area contributed by atoms with E-state index in [2.05, 4.69) is 21.2 Å². The lowest BCUT2D eigenvalue weighted by Crippen LogP contribution is -2.51. The van der Waals surface area contributed by atoms with E-state index in [4.69, 9.17) is 0 Å². The van der Waals surface area contributed by atoms with Gasteiger partial charge >= 0.3 is 0 Å². The molecule has 0 aliphatic rings. The van der Waals surface area contributed by atoms with Crippen molar-refractivity contribution in [2.24, 2.45) is 5.92 Å². The van der Waals surface area contributed by atoms with Crippen molar-refractivity contribution in [3.05, 3.63) is 57.0 Å². The minimum Gasteiger partial charge on any atom is -0.339 e. The van der Waals surface area contributed by atoms with Crippen LogP contribution in [0.4, 0.5) is 5.95 Å². The van der Waals surface area contributed by atoms with Gasteiger partial charge in [0.1, 0.15) is 6.04 Å². The smallest absolute Gasteiger partial charge is 0.262 e. The molecule has 0 bridgehead atoms. The Kier molecular flexibility index (Phi) is 6.28. The normalized spacial score (nSPS) is 12.0. The molecule has 0 aliphatic heterocycles. The molecule has 2 amide bonds. The van der Waals surface area contributed by atoms with Crippen LogP contribution in [0.15, 0.2) is 46.6 Å². The summed E-state index contributed by atoms with van der Waals surface area (Å²) in [4.78, 5) is 42.7. The molecule has 2 aromatic heterocycles. The average molecular weight is 414 g/mol. The molecule has 0 spiro atoms. The molecule has 152 valence electrons. The van der Waals surface area contributed by atoms with Crippen molar-refractivity contribution in [3.63, 3.8) is 0 Å². The highest BCUT2D eigenvalue weighted by molar-refractivity contribution is 7.12. The zero-order chi connectivity index (χ0) is 21.0. The quantitative estimate of drug-likeness (QED) is 0.516. The van der Waals surface area contributed by atoms with Crippen LogP contribution in [0.2, 0.25) is 0 Å². The van der Waals surface area contributed by atoms with Crippen molar-refractivity contribution in [3.8, 4) is 0 Å². The molecule has 0 aliphatic carbocycles. The second-order valence-corrected chi connectivity index (χ2v) is 7.74. The number of thiophene rings is 1. The van der Waals surface area contributed by atoms with Gasteiger partial charge in [0.25, 0.3) is 17.4 Å². The molecule has 29 heavy (non-hydrogen) atoms. The summed E-state index contributed by atoms with van der Waals surface area (Å²) in [5.74, 6) is -0.631. The van der Waals surface area contributed by atoms with Crippen molar-refractivity contribution in [2.45, 2.75) is 33.4 Å². The largest absolute Gasteiger partial charge is 0.339 e. The van der Waals surface area contributed by atoms with Crippen LogP contribution >= 0.6 is 11.3 Å². The standard InChI is InChI=1S/C20H23N5O3S/c1-4-25-19(28)13-8-5-6-9-14(13)21-20(25)24-23-18(27)16(12(2)3)22-17(26)15-10-7-11-29-15/h5-12,16H,4H2,1-3H3,(H,21,24)(H,22,26)(H,23,27). The molecule has 9 heteroatoms. The van der Waals surface area contributed by atoms with Crippen molar-refractivity contribution >= 4 is 40.0 Å². The van der Waals surface area contributed by atoms with Gasteiger partial charge < -0.3 is 5.32 Å². The number of benzene rings is 1. The predicted octanol–water partition coefficient (Wildman–Crippen LogP) is 2.38. The van der Waals surface area contributed by atoms with Crippen LogP contribution in [0.3, 0.4) is 0 Å². The molecule has 0 fully saturated rings. The van der Waals surface area contributed by atoms with E-state index in [0.29, 0.717) is 22.3 Å². The number of amides is 2. The van der Waals surface area contributed by atoms with Crippen molar-refractivity contribution < 1.29 is 9.59 Å². The second kappa shape index (κ2) is 8.87. The third-order valence-corrected chi connectivity index (χ3v) is 5.32. The van der Waals surface area contributed by atoms with Crippen LogP contribution in [0.25, 0.3) is 10.9 Å². The Morgan fingerprint density at radius 2 is 1.93 bits per heavy atom. The minimum absolute atomic E-state index is 0.140. The predicted molar refractivity (Wildman–Crippen MR) is 114 cm³/mol. The fourth-order valence-electron chi connectivity index (χ4n) is 2.91. The van der Waals surface area contributed by atoms with Crippen molar-refractivity contribution in [2.75, 3.05) is 5.43 Å². The number of rotatable bonds is 7. The monoisotopic (exact) mass is 413 g/mol. The Balaban J connectivity index is 1.77. The molecule has 3 rings (SSSR count). The van der Waals surface area contributed by atoms with Crippen LogP contribution < -0.4 is 21.7 Å². The molecule has 8 nitrogen and oxygen atoms in total. The Morgan fingerprint density at radius 1 is 1.17 bits per heavy atom.